The van der Waals surface area contributed by atoms with Gasteiger partial charge in [0, 0.05) is 33.6 Å². The molecule has 0 aliphatic carbocycles. The van der Waals surface area contributed by atoms with Gasteiger partial charge in [-0.25, -0.2) is 0 Å². The fraction of sp³-hybridized carbons (Fsp3) is 0.810. The summed E-state index contributed by atoms with van der Waals surface area (Å²) >= 11 is 0. The number of ether oxygens (including phenoxy) is 6. The Morgan fingerprint density at radius 3 is 1.69 bits per heavy atom. The van der Waals surface area contributed by atoms with Crippen molar-refractivity contribution >= 4 is 23.9 Å². The van der Waals surface area contributed by atoms with Gasteiger partial charge in [0.25, 0.3) is 0 Å². The van der Waals surface area contributed by atoms with Crippen LogP contribution in [0.1, 0.15) is 34.6 Å². The normalized spacial score (nSPS) is 35.9. The van der Waals surface area contributed by atoms with Crippen LogP contribution in [0.3, 0.4) is 0 Å². The fourth-order valence-corrected chi connectivity index (χ4v) is 3.45. The van der Waals surface area contributed by atoms with E-state index in [4.69, 9.17) is 49.2 Å². The number of carbonyl (C=O) groups is 4. The van der Waals surface area contributed by atoms with Crippen molar-refractivity contribution < 1.29 is 73.1 Å². The Morgan fingerprint density at radius 1 is 0.694 bits per heavy atom. The van der Waals surface area contributed by atoms with Gasteiger partial charge in [-0.2, -0.15) is 0 Å². The molecule has 0 spiro atoms. The van der Waals surface area contributed by atoms with Crippen molar-refractivity contribution in [2.75, 3.05) is 13.2 Å². The van der Waals surface area contributed by atoms with E-state index in [1.807, 2.05) is 0 Å². The Labute approximate surface area is 206 Å². The minimum atomic E-state index is -1.57. The molecule has 36 heavy (non-hydrogen) atoms. The third kappa shape index (κ3) is 9.24. The van der Waals surface area contributed by atoms with Gasteiger partial charge in [0.2, 0.25) is 12.4 Å². The molecule has 2 rings (SSSR count). The molecule has 0 bridgehead atoms. The van der Waals surface area contributed by atoms with Gasteiger partial charge in [-0.05, 0) is 0 Å². The Balaban J connectivity index is 0.000000450. The van der Waals surface area contributed by atoms with E-state index in [0.29, 0.717) is 0 Å². The summed E-state index contributed by atoms with van der Waals surface area (Å²) < 4.78 is 30.5. The van der Waals surface area contributed by atoms with Gasteiger partial charge >= 0.3 is 23.9 Å². The third-order valence-electron chi connectivity index (χ3n) is 5.21. The largest absolute Gasteiger partial charge is 0.463 e. The van der Waals surface area contributed by atoms with Gasteiger partial charge in [0.1, 0.15) is 43.2 Å². The molecule has 15 heteroatoms. The van der Waals surface area contributed by atoms with Gasteiger partial charge in [-0.15, -0.1) is 0 Å². The maximum Gasteiger partial charge on any atom is 0.305 e. The van der Waals surface area contributed by atoms with Crippen LogP contribution in [0.4, 0.5) is 0 Å². The van der Waals surface area contributed by atoms with Crippen LogP contribution in [-0.2, 0) is 47.6 Å². The van der Waals surface area contributed by atoms with Crippen LogP contribution >= 0.6 is 0 Å². The Bertz CT molecular complexity index is 753. The van der Waals surface area contributed by atoms with Gasteiger partial charge in [-0.3, -0.25) is 19.2 Å². The molecular weight excluding hydrogens is 492 g/mol. The highest BCUT2D eigenvalue weighted by Crippen LogP contribution is 2.31. The molecule has 2 fully saturated rings. The predicted octanol–water partition coefficient (Wildman–Crippen LogP) is -2.88. The first-order valence-electron chi connectivity index (χ1n) is 11.0. The molecule has 0 aromatic rings. The van der Waals surface area contributed by atoms with E-state index >= 15 is 0 Å². The molecule has 2 saturated heterocycles. The summed E-state index contributed by atoms with van der Waals surface area (Å²) in [5.41, 5.74) is 0. The highest BCUT2D eigenvalue weighted by Gasteiger charge is 2.50. The van der Waals surface area contributed by atoms with Crippen LogP contribution in [-0.4, -0.2) is 118 Å². The fourth-order valence-electron chi connectivity index (χ4n) is 3.45. The van der Waals surface area contributed by atoms with E-state index in [2.05, 4.69) is 4.74 Å². The molecule has 15 nitrogen and oxygen atoms in total. The lowest BCUT2D eigenvalue weighted by atomic mass is 9.90. The van der Waals surface area contributed by atoms with Crippen LogP contribution in [0.15, 0.2) is 0 Å². The quantitative estimate of drug-likeness (QED) is 0.173. The molecule has 5 N–H and O–H groups in total. The van der Waals surface area contributed by atoms with E-state index in [1.165, 1.54) is 20.8 Å². The van der Waals surface area contributed by atoms with Crippen LogP contribution in [0.5, 0.6) is 0 Å². The molecule has 2 heterocycles. The second-order valence-electron chi connectivity index (χ2n) is 8.18. The number of aliphatic hydroxyl groups excluding tert-OH is 5. The van der Waals surface area contributed by atoms with Crippen molar-refractivity contribution in [1.82, 2.24) is 0 Å². The van der Waals surface area contributed by atoms with Crippen molar-refractivity contribution in [1.29, 1.82) is 0 Å². The smallest absolute Gasteiger partial charge is 0.305 e. The van der Waals surface area contributed by atoms with Gasteiger partial charge < -0.3 is 54.0 Å². The highest BCUT2D eigenvalue weighted by molar-refractivity contribution is 5.68. The first-order chi connectivity index (χ1) is 16.7. The summed E-state index contributed by atoms with van der Waals surface area (Å²) in [6, 6.07) is 0. The van der Waals surface area contributed by atoms with Crippen molar-refractivity contribution in [2.24, 2.45) is 5.92 Å². The van der Waals surface area contributed by atoms with E-state index in [1.54, 1.807) is 6.92 Å². The average Bonchev–Trinajstić information content (AvgIpc) is 2.77. The van der Waals surface area contributed by atoms with Crippen molar-refractivity contribution in [3.05, 3.63) is 0 Å². The maximum atomic E-state index is 11.4. The first-order valence-corrected chi connectivity index (χ1v) is 11.0. The molecule has 2 unspecified atom stereocenters. The predicted molar refractivity (Wildman–Crippen MR) is 113 cm³/mol. The zero-order chi connectivity index (χ0) is 27.7. The lowest BCUT2D eigenvalue weighted by Gasteiger charge is -2.43. The summed E-state index contributed by atoms with van der Waals surface area (Å²) in [5, 5.41) is 44.7. The van der Waals surface area contributed by atoms with E-state index in [9.17, 15) is 19.2 Å². The SMILES string of the molecule is CC(=O)OC[C@H]1OC(OC(C)=O)[C@@H](OC(C)=O)[C@@H](OC(C)=O)[C@@H]1C.OC[C@H]1OC(O)[C@@H](O)[C@@H](O)[C@@H]1O. The molecule has 208 valence electrons. The molecule has 2 aliphatic heterocycles. The van der Waals surface area contributed by atoms with Crippen LogP contribution in [0, 0.1) is 5.92 Å². The number of hydrogen-bond donors (Lipinski definition) is 5. The van der Waals surface area contributed by atoms with E-state index in [-0.39, 0.29) is 6.61 Å². The van der Waals surface area contributed by atoms with Crippen molar-refractivity contribution in [3.8, 4) is 0 Å². The molecule has 10 atom stereocenters. The molecule has 0 aromatic carbocycles. The topological polar surface area (TPSA) is 225 Å². The molecular formula is C21H34O15. The minimum Gasteiger partial charge on any atom is -0.463 e. The average molecular weight is 526 g/mol. The molecule has 0 radical (unpaired) electrons. The zero-order valence-electron chi connectivity index (χ0n) is 20.5. The lowest BCUT2D eigenvalue weighted by Crippen LogP contribution is -2.58. The van der Waals surface area contributed by atoms with Crippen LogP contribution in [0.25, 0.3) is 0 Å². The van der Waals surface area contributed by atoms with Gasteiger partial charge in [-0.1, -0.05) is 6.92 Å². The first kappa shape index (κ1) is 31.6. The molecule has 0 aromatic heterocycles. The van der Waals surface area contributed by atoms with Crippen LogP contribution < -0.4 is 0 Å². The van der Waals surface area contributed by atoms with Crippen molar-refractivity contribution in [2.45, 2.75) is 89.9 Å². The minimum absolute atomic E-state index is 0.126. The van der Waals surface area contributed by atoms with Crippen LogP contribution in [0.2, 0.25) is 0 Å². The molecule has 0 amide bonds. The number of rotatable bonds is 6. The summed E-state index contributed by atoms with van der Waals surface area (Å²) in [6.07, 6.45) is -11.1. The van der Waals surface area contributed by atoms with Gasteiger partial charge in [0.15, 0.2) is 6.29 Å². The second-order valence-corrected chi connectivity index (χ2v) is 8.18. The van der Waals surface area contributed by atoms with E-state index < -0.39 is 91.7 Å². The third-order valence-corrected chi connectivity index (χ3v) is 5.21. The Hall–Kier alpha value is -2.40. The summed E-state index contributed by atoms with van der Waals surface area (Å²) in [4.78, 5) is 45.0. The lowest BCUT2D eigenvalue weighted by molar-refractivity contribution is -0.286. The van der Waals surface area contributed by atoms with Gasteiger partial charge in [0.05, 0.1) is 6.61 Å². The second kappa shape index (κ2) is 14.4. The standard InChI is InChI=1S/C15H22O9.C6H12O6/c1-7-12(6-20-8(2)16)24-15(23-11(5)19)14(22-10(4)18)13(7)21-9(3)17;7-1-2-3(8)4(9)5(10)6(11)12-2/h7,12-15H,6H2,1-5H3;2-11H,1H2/t7-,12-,13+,14+,15?;2-,3-,4+,5+,6?/m11/s1. The maximum absolute atomic E-state index is 11.4. The highest BCUT2D eigenvalue weighted by atomic mass is 16.7. The number of aliphatic hydroxyl groups is 5. The van der Waals surface area contributed by atoms with E-state index in [0.717, 1.165) is 6.92 Å². The summed E-state index contributed by atoms with van der Waals surface area (Å²) in [7, 11) is 0. The number of hydrogen-bond acceptors (Lipinski definition) is 15. The summed E-state index contributed by atoms with van der Waals surface area (Å²) in [5.74, 6) is -2.91. The molecule has 0 saturated carbocycles. The Morgan fingerprint density at radius 2 is 1.22 bits per heavy atom. The summed E-state index contributed by atoms with van der Waals surface area (Å²) in [6.45, 7) is 5.81. The van der Waals surface area contributed by atoms with Crippen molar-refractivity contribution in [3.63, 3.8) is 0 Å². The molecule has 2 aliphatic rings. The Kier molecular flexibility index (Phi) is 12.6. The number of esters is 4. The zero-order valence-corrected chi connectivity index (χ0v) is 20.5. The monoisotopic (exact) mass is 526 g/mol. The number of carbonyl (C=O) groups excluding carboxylic acids is 4.